The van der Waals surface area contributed by atoms with Crippen LogP contribution in [-0.4, -0.2) is 32.7 Å². The van der Waals surface area contributed by atoms with Crippen molar-refractivity contribution in [1.82, 2.24) is 18.7 Å². The zero-order chi connectivity index (χ0) is 21.1. The predicted octanol–water partition coefficient (Wildman–Crippen LogP) is 2.42. The lowest BCUT2D eigenvalue weighted by molar-refractivity contribution is 0.184. The molecule has 2 heterocycles. The Morgan fingerprint density at radius 2 is 1.83 bits per heavy atom. The Kier molecular flexibility index (Phi) is 5.86. The van der Waals surface area contributed by atoms with E-state index < -0.39 is 6.86 Å². The second kappa shape index (κ2) is 8.34. The largest absolute Gasteiger partial charge is 0.493 e. The molecule has 0 amide bonds. The van der Waals surface area contributed by atoms with E-state index in [-0.39, 0.29) is 23.5 Å². The van der Waals surface area contributed by atoms with Gasteiger partial charge in [0.05, 0.1) is 7.11 Å². The molecular weight excluding hydrogens is 379 g/mol. The first kappa shape index (κ1) is 20.4. The number of aromatic nitrogens is 4. The number of imidazole rings is 1. The van der Waals surface area contributed by atoms with Crippen molar-refractivity contribution in [3.8, 4) is 11.5 Å². The molecule has 0 saturated heterocycles. The Balaban J connectivity index is 2.11. The molecule has 0 atom stereocenters. The Hall–Kier alpha value is -3.36. The van der Waals surface area contributed by atoms with Crippen LogP contribution in [0.2, 0.25) is 0 Å². The molecule has 154 valence electrons. The highest BCUT2D eigenvalue weighted by molar-refractivity contribution is 5.77. The number of ether oxygens (including phenoxy) is 2. The van der Waals surface area contributed by atoms with Gasteiger partial charge in [0, 0.05) is 20.1 Å². The summed E-state index contributed by atoms with van der Waals surface area (Å²) in [5, 5.41) is 0. The third-order valence-electron chi connectivity index (χ3n) is 4.73. The lowest BCUT2D eigenvalue weighted by Gasteiger charge is -2.08. The molecule has 3 rings (SSSR count). The lowest BCUT2D eigenvalue weighted by atomic mass is 10.2. The molecule has 0 aliphatic carbocycles. The minimum absolute atomic E-state index is 0.285. The fourth-order valence-corrected chi connectivity index (χ4v) is 3.23. The molecule has 0 radical (unpaired) electrons. The Morgan fingerprint density at radius 1 is 1.10 bits per heavy atom. The van der Waals surface area contributed by atoms with Crippen LogP contribution in [0.5, 0.6) is 11.5 Å². The molecule has 0 fully saturated rings. The molecule has 0 aliphatic rings. The third-order valence-corrected chi connectivity index (χ3v) is 4.73. The van der Waals surface area contributed by atoms with Gasteiger partial charge in [0.2, 0.25) is 6.86 Å². The second-order valence-electron chi connectivity index (χ2n) is 6.27. The van der Waals surface area contributed by atoms with E-state index in [9.17, 15) is 14.0 Å². The summed E-state index contributed by atoms with van der Waals surface area (Å²) >= 11 is 0. The van der Waals surface area contributed by atoms with Gasteiger partial charge < -0.3 is 14.0 Å². The number of rotatable bonds is 7. The van der Waals surface area contributed by atoms with Crippen LogP contribution in [0.15, 0.2) is 27.8 Å². The second-order valence-corrected chi connectivity index (χ2v) is 6.27. The van der Waals surface area contributed by atoms with Gasteiger partial charge >= 0.3 is 5.69 Å². The minimum atomic E-state index is -0.966. The van der Waals surface area contributed by atoms with Crippen molar-refractivity contribution in [3.63, 3.8) is 0 Å². The van der Waals surface area contributed by atoms with E-state index in [4.69, 9.17) is 9.47 Å². The summed E-state index contributed by atoms with van der Waals surface area (Å²) in [7, 11) is 3.21. The van der Waals surface area contributed by atoms with Crippen LogP contribution in [0.4, 0.5) is 4.39 Å². The fourth-order valence-electron chi connectivity index (χ4n) is 3.23. The van der Waals surface area contributed by atoms with E-state index in [0.29, 0.717) is 29.3 Å². The summed E-state index contributed by atoms with van der Waals surface area (Å²) < 4.78 is 27.0. The van der Waals surface area contributed by atoms with Crippen LogP contribution in [0, 0.1) is 0 Å². The summed E-state index contributed by atoms with van der Waals surface area (Å²) in [4.78, 5) is 29.8. The highest BCUT2D eigenvalue weighted by Crippen LogP contribution is 2.29. The van der Waals surface area contributed by atoms with Gasteiger partial charge in [-0.25, -0.2) is 14.2 Å². The number of methoxy groups -OCH3 is 1. The first-order valence-corrected chi connectivity index (χ1v) is 9.21. The topological polar surface area (TPSA) is 80.3 Å². The van der Waals surface area contributed by atoms with Crippen molar-refractivity contribution < 1.29 is 13.9 Å². The predicted molar refractivity (Wildman–Crippen MR) is 109 cm³/mol. The molecule has 0 saturated carbocycles. The molecule has 29 heavy (non-hydrogen) atoms. The Labute approximate surface area is 166 Å². The molecule has 2 aromatic heterocycles. The van der Waals surface area contributed by atoms with Crippen molar-refractivity contribution >= 4 is 23.3 Å². The van der Waals surface area contributed by atoms with Crippen LogP contribution >= 0.6 is 0 Å². The van der Waals surface area contributed by atoms with E-state index >= 15 is 0 Å². The average molecular weight is 402 g/mol. The standard InChI is InChI=1S/C20H23FN4O4/c1-5-24-18-17(19(26)25(6-2)20(24)27)23(3)16(22-18)10-8-13-7-9-14(28-4)15(11-13)29-12-21/h7-11H,5-6,12H2,1-4H3/b10-8+. The number of halogens is 1. The number of benzene rings is 1. The minimum Gasteiger partial charge on any atom is -0.493 e. The van der Waals surface area contributed by atoms with Crippen molar-refractivity contribution in [2.24, 2.45) is 7.05 Å². The Bertz CT molecular complexity index is 1190. The quantitative estimate of drug-likeness (QED) is 0.606. The van der Waals surface area contributed by atoms with Crippen molar-refractivity contribution in [1.29, 1.82) is 0 Å². The summed E-state index contributed by atoms with van der Waals surface area (Å²) in [5.74, 6) is 1.22. The van der Waals surface area contributed by atoms with Gasteiger partial charge in [-0.2, -0.15) is 0 Å². The molecule has 0 unspecified atom stereocenters. The lowest BCUT2D eigenvalue weighted by Crippen LogP contribution is -2.39. The fraction of sp³-hybridized carbons (Fsp3) is 0.350. The van der Waals surface area contributed by atoms with E-state index in [2.05, 4.69) is 4.98 Å². The zero-order valence-corrected chi connectivity index (χ0v) is 16.8. The van der Waals surface area contributed by atoms with Gasteiger partial charge in [0.15, 0.2) is 22.7 Å². The van der Waals surface area contributed by atoms with Crippen LogP contribution in [0.3, 0.4) is 0 Å². The maximum absolute atomic E-state index is 12.7. The SMILES string of the molecule is CCn1c(=O)c2c(nc(/C=C/c3ccc(OC)c(OCF)c3)n2C)n(CC)c1=O. The van der Waals surface area contributed by atoms with Gasteiger partial charge in [0.25, 0.3) is 5.56 Å². The van der Waals surface area contributed by atoms with Crippen LogP contribution in [-0.2, 0) is 20.1 Å². The van der Waals surface area contributed by atoms with Crippen LogP contribution in [0.25, 0.3) is 23.3 Å². The average Bonchev–Trinajstić information content (AvgIpc) is 3.04. The van der Waals surface area contributed by atoms with Gasteiger partial charge in [0.1, 0.15) is 5.82 Å². The first-order valence-electron chi connectivity index (χ1n) is 9.21. The number of nitrogens with zero attached hydrogens (tertiary/aromatic N) is 4. The molecule has 1 aromatic carbocycles. The maximum atomic E-state index is 12.7. The summed E-state index contributed by atoms with van der Waals surface area (Å²) in [6, 6.07) is 5.10. The van der Waals surface area contributed by atoms with E-state index in [1.807, 2.05) is 6.92 Å². The summed E-state index contributed by atoms with van der Waals surface area (Å²) in [5.41, 5.74) is 0.717. The van der Waals surface area contributed by atoms with Crippen molar-refractivity contribution in [3.05, 3.63) is 50.4 Å². The highest BCUT2D eigenvalue weighted by atomic mass is 19.1. The Morgan fingerprint density at radius 3 is 2.45 bits per heavy atom. The van der Waals surface area contributed by atoms with Crippen molar-refractivity contribution in [2.75, 3.05) is 14.0 Å². The molecule has 8 nitrogen and oxygen atoms in total. The number of hydrogen-bond acceptors (Lipinski definition) is 5. The van der Waals surface area contributed by atoms with Gasteiger partial charge in [-0.05, 0) is 37.6 Å². The maximum Gasteiger partial charge on any atom is 0.332 e. The molecule has 9 heteroatoms. The van der Waals surface area contributed by atoms with Gasteiger partial charge in [-0.3, -0.25) is 13.9 Å². The molecule has 0 N–H and O–H groups in total. The molecule has 0 bridgehead atoms. The van der Waals surface area contributed by atoms with Crippen molar-refractivity contribution in [2.45, 2.75) is 26.9 Å². The summed E-state index contributed by atoms with van der Waals surface area (Å²) in [6.45, 7) is 3.31. The first-order chi connectivity index (χ1) is 14.0. The highest BCUT2D eigenvalue weighted by Gasteiger charge is 2.17. The molecule has 0 spiro atoms. The zero-order valence-electron chi connectivity index (χ0n) is 16.8. The van der Waals surface area contributed by atoms with E-state index in [1.165, 1.54) is 16.2 Å². The third kappa shape index (κ3) is 3.55. The van der Waals surface area contributed by atoms with Gasteiger partial charge in [-0.15, -0.1) is 0 Å². The monoisotopic (exact) mass is 402 g/mol. The molecule has 3 aromatic rings. The molecular formula is C20H23FN4O4. The van der Waals surface area contributed by atoms with Gasteiger partial charge in [-0.1, -0.05) is 12.1 Å². The van der Waals surface area contributed by atoms with Crippen LogP contribution in [0.1, 0.15) is 25.2 Å². The van der Waals surface area contributed by atoms with E-state index in [0.717, 1.165) is 5.56 Å². The summed E-state index contributed by atoms with van der Waals surface area (Å²) in [6.07, 6.45) is 3.49. The number of aryl methyl sites for hydroxylation is 2. The number of alkyl halides is 1. The smallest absolute Gasteiger partial charge is 0.332 e. The number of fused-ring (bicyclic) bond motifs is 1. The number of hydrogen-bond donors (Lipinski definition) is 0. The van der Waals surface area contributed by atoms with Crippen LogP contribution < -0.4 is 20.7 Å². The molecule has 0 aliphatic heterocycles. The normalized spacial score (nSPS) is 11.5. The van der Waals surface area contributed by atoms with E-state index in [1.54, 1.807) is 48.9 Å².